The summed E-state index contributed by atoms with van der Waals surface area (Å²) in [7, 11) is 0. The van der Waals surface area contributed by atoms with Gasteiger partial charge in [-0.3, -0.25) is 9.59 Å². The Kier molecular flexibility index (Phi) is 6.71. The molecule has 1 aliphatic rings. The highest BCUT2D eigenvalue weighted by Crippen LogP contribution is 2.28. The van der Waals surface area contributed by atoms with Crippen molar-refractivity contribution in [3.63, 3.8) is 0 Å². The molecule has 1 amide bonds. The molecule has 3 rings (SSSR count). The van der Waals surface area contributed by atoms with Gasteiger partial charge in [0.15, 0.2) is 0 Å². The fraction of sp³-hybridized carbons (Fsp3) is 0.412. The molecule has 0 saturated carbocycles. The smallest absolute Gasteiger partial charge is 0.252 e. The molecule has 2 aromatic rings. The van der Waals surface area contributed by atoms with E-state index in [1.54, 1.807) is 17.8 Å². The maximum absolute atomic E-state index is 12.3. The Hall–Kier alpha value is -1.50. The van der Waals surface area contributed by atoms with Gasteiger partial charge in [-0.2, -0.15) is 11.8 Å². The lowest BCUT2D eigenvalue weighted by Gasteiger charge is -2.17. The minimum atomic E-state index is -0.0749. The number of fused-ring (bicyclic) bond motifs is 3. The third kappa shape index (κ3) is 3.94. The van der Waals surface area contributed by atoms with Gasteiger partial charge in [0.25, 0.3) is 11.5 Å². The maximum atomic E-state index is 12.3. The molecule has 24 heavy (non-hydrogen) atoms. The number of pyridine rings is 1. The van der Waals surface area contributed by atoms with Crippen LogP contribution in [0, 0.1) is 0 Å². The molecule has 0 unspecified atom stereocenters. The van der Waals surface area contributed by atoms with Crippen LogP contribution in [0.2, 0.25) is 0 Å². The number of hydrogen-bond acceptors (Lipinski definition) is 4. The number of aromatic amines is 1. The number of nitrogens with two attached hydrogens (primary N) is 1. The number of halogens is 1. The Bertz CT molecular complexity index is 791. The predicted octanol–water partition coefficient (Wildman–Crippen LogP) is 2.21. The normalized spacial score (nSPS) is 13.2. The molecule has 0 saturated heterocycles. The average molecular weight is 368 g/mol. The van der Waals surface area contributed by atoms with Gasteiger partial charge < -0.3 is 16.0 Å². The van der Waals surface area contributed by atoms with Crippen molar-refractivity contribution in [2.45, 2.75) is 25.0 Å². The summed E-state index contributed by atoms with van der Waals surface area (Å²) in [5.41, 5.74) is 8.85. The van der Waals surface area contributed by atoms with Crippen LogP contribution in [0.4, 0.5) is 0 Å². The van der Waals surface area contributed by atoms with Crippen LogP contribution in [0.3, 0.4) is 0 Å². The highest BCUT2D eigenvalue weighted by Gasteiger charge is 2.17. The Morgan fingerprint density at radius 3 is 2.92 bits per heavy atom. The predicted molar refractivity (Wildman–Crippen MR) is 102 cm³/mol. The van der Waals surface area contributed by atoms with Crippen molar-refractivity contribution in [3.05, 3.63) is 45.2 Å². The summed E-state index contributed by atoms with van der Waals surface area (Å²) in [6.07, 6.45) is 2.67. The molecule has 0 fully saturated rings. The zero-order chi connectivity index (χ0) is 16.2. The maximum Gasteiger partial charge on any atom is 0.252 e. The van der Waals surface area contributed by atoms with E-state index in [1.807, 2.05) is 12.1 Å². The molecular weight excluding hydrogens is 346 g/mol. The van der Waals surface area contributed by atoms with Crippen LogP contribution in [0.25, 0.3) is 10.9 Å². The SMILES string of the molecule is Cl.NCCCCNC(=O)c1ccc2[nH]c(=O)c3c(c2c1)CCSC3. The first-order valence-electron chi connectivity index (χ1n) is 7.94. The highest BCUT2D eigenvalue weighted by atomic mass is 35.5. The minimum Gasteiger partial charge on any atom is -0.352 e. The van der Waals surface area contributed by atoms with E-state index in [9.17, 15) is 9.59 Å². The summed E-state index contributed by atoms with van der Waals surface area (Å²) in [6, 6.07) is 5.49. The fourth-order valence-corrected chi connectivity index (χ4v) is 3.90. The number of aryl methyl sites for hydroxylation is 1. The summed E-state index contributed by atoms with van der Waals surface area (Å²) in [5, 5.41) is 3.91. The van der Waals surface area contributed by atoms with Crippen LogP contribution in [0.15, 0.2) is 23.0 Å². The molecule has 7 heteroatoms. The second kappa shape index (κ2) is 8.55. The molecule has 1 aliphatic heterocycles. The number of H-pyrrole nitrogens is 1. The van der Waals surface area contributed by atoms with Crippen molar-refractivity contribution >= 4 is 41.0 Å². The molecule has 4 N–H and O–H groups in total. The van der Waals surface area contributed by atoms with E-state index in [2.05, 4.69) is 10.3 Å². The summed E-state index contributed by atoms with van der Waals surface area (Å²) in [6.45, 7) is 1.28. The topological polar surface area (TPSA) is 88.0 Å². The van der Waals surface area contributed by atoms with Gasteiger partial charge in [0.05, 0.1) is 0 Å². The number of aromatic nitrogens is 1. The highest BCUT2D eigenvalue weighted by molar-refractivity contribution is 7.98. The van der Waals surface area contributed by atoms with Crippen LogP contribution in [-0.4, -0.2) is 29.7 Å². The zero-order valence-electron chi connectivity index (χ0n) is 13.4. The molecule has 0 aliphatic carbocycles. The lowest BCUT2D eigenvalue weighted by molar-refractivity contribution is 0.0953. The second-order valence-electron chi connectivity index (χ2n) is 5.73. The third-order valence-corrected chi connectivity index (χ3v) is 5.14. The third-order valence-electron chi connectivity index (χ3n) is 4.15. The van der Waals surface area contributed by atoms with Crippen LogP contribution >= 0.6 is 24.2 Å². The first-order chi connectivity index (χ1) is 11.2. The lowest BCUT2D eigenvalue weighted by Crippen LogP contribution is -2.25. The largest absolute Gasteiger partial charge is 0.352 e. The Morgan fingerprint density at radius 2 is 2.12 bits per heavy atom. The van der Waals surface area contributed by atoms with Gasteiger partial charge >= 0.3 is 0 Å². The van der Waals surface area contributed by atoms with E-state index in [0.717, 1.165) is 52.8 Å². The first kappa shape index (κ1) is 18.8. The van der Waals surface area contributed by atoms with E-state index in [1.165, 1.54) is 0 Å². The fourth-order valence-electron chi connectivity index (χ4n) is 2.90. The lowest BCUT2D eigenvalue weighted by atomic mass is 9.99. The number of nitrogens with one attached hydrogen (secondary N) is 2. The molecule has 1 aromatic heterocycles. The number of thioether (sulfide) groups is 1. The summed E-state index contributed by atoms with van der Waals surface area (Å²) in [5.74, 6) is 1.69. The van der Waals surface area contributed by atoms with Gasteiger partial charge in [-0.15, -0.1) is 12.4 Å². The van der Waals surface area contributed by atoms with Crippen LogP contribution < -0.4 is 16.6 Å². The number of carbonyl (C=O) groups is 1. The Balaban J connectivity index is 0.00000208. The molecule has 0 spiro atoms. The molecular formula is C17H22ClN3O2S. The van der Waals surface area contributed by atoms with E-state index in [0.29, 0.717) is 18.7 Å². The summed E-state index contributed by atoms with van der Waals surface area (Å²) in [4.78, 5) is 27.3. The average Bonchev–Trinajstić information content (AvgIpc) is 2.58. The van der Waals surface area contributed by atoms with Gasteiger partial charge in [-0.05, 0) is 55.3 Å². The van der Waals surface area contributed by atoms with Gasteiger partial charge in [0.1, 0.15) is 0 Å². The standard InChI is InChI=1S/C17H21N3O2S.ClH/c18-6-1-2-7-19-16(21)11-3-4-15-13(9-11)12-5-8-23-10-14(12)17(22)20-15;/h3-4,9H,1-2,5-8,10,18H2,(H,19,21)(H,20,22);1H. The number of hydrogen-bond donors (Lipinski definition) is 3. The number of rotatable bonds is 5. The number of benzene rings is 1. The number of unbranched alkanes of at least 4 members (excludes halogenated alkanes) is 1. The van der Waals surface area contributed by atoms with Crippen molar-refractivity contribution in [1.82, 2.24) is 10.3 Å². The minimum absolute atomic E-state index is 0. The van der Waals surface area contributed by atoms with Crippen molar-refractivity contribution < 1.29 is 4.79 Å². The molecule has 130 valence electrons. The quantitative estimate of drug-likeness (QED) is 0.707. The number of amides is 1. The van der Waals surface area contributed by atoms with E-state index < -0.39 is 0 Å². The van der Waals surface area contributed by atoms with Gasteiger partial charge in [-0.25, -0.2) is 0 Å². The van der Waals surface area contributed by atoms with Gasteiger partial charge in [-0.1, -0.05) is 0 Å². The zero-order valence-corrected chi connectivity index (χ0v) is 15.0. The van der Waals surface area contributed by atoms with Crippen LogP contribution in [-0.2, 0) is 12.2 Å². The summed E-state index contributed by atoms with van der Waals surface area (Å²) >= 11 is 1.78. The monoisotopic (exact) mass is 367 g/mol. The molecule has 5 nitrogen and oxygen atoms in total. The summed E-state index contributed by atoms with van der Waals surface area (Å²) < 4.78 is 0. The molecule has 1 aromatic carbocycles. The van der Waals surface area contributed by atoms with Crippen LogP contribution in [0.5, 0.6) is 0 Å². The Morgan fingerprint density at radius 1 is 1.29 bits per heavy atom. The van der Waals surface area contributed by atoms with Crippen molar-refractivity contribution in [1.29, 1.82) is 0 Å². The first-order valence-corrected chi connectivity index (χ1v) is 9.10. The number of carbonyl (C=O) groups excluding carboxylic acids is 1. The van der Waals surface area contributed by atoms with Crippen molar-refractivity contribution in [3.8, 4) is 0 Å². The van der Waals surface area contributed by atoms with Gasteiger partial charge in [0, 0.05) is 34.3 Å². The molecule has 0 bridgehead atoms. The van der Waals surface area contributed by atoms with Crippen LogP contribution in [0.1, 0.15) is 34.3 Å². The molecule has 2 heterocycles. The Labute approximate surface area is 151 Å². The second-order valence-corrected chi connectivity index (χ2v) is 6.83. The van der Waals surface area contributed by atoms with Gasteiger partial charge in [0.2, 0.25) is 0 Å². The van der Waals surface area contributed by atoms with E-state index >= 15 is 0 Å². The van der Waals surface area contributed by atoms with Crippen molar-refractivity contribution in [2.24, 2.45) is 5.73 Å². The van der Waals surface area contributed by atoms with E-state index in [4.69, 9.17) is 5.73 Å². The molecule has 0 atom stereocenters. The molecule has 0 radical (unpaired) electrons. The van der Waals surface area contributed by atoms with Crippen molar-refractivity contribution in [2.75, 3.05) is 18.8 Å². The van der Waals surface area contributed by atoms with E-state index in [-0.39, 0.29) is 23.9 Å².